The Morgan fingerprint density at radius 2 is 2.14 bits per heavy atom. The van der Waals surface area contributed by atoms with Gasteiger partial charge in [-0.05, 0) is 12.1 Å². The van der Waals surface area contributed by atoms with E-state index in [1.165, 1.54) is 11.3 Å². The summed E-state index contributed by atoms with van der Waals surface area (Å²) in [5.74, 6) is 5.28. The molecule has 0 saturated heterocycles. The first kappa shape index (κ1) is 17.2. The van der Waals surface area contributed by atoms with Crippen LogP contribution in [0.4, 0.5) is 0 Å². The number of hydrogen-bond donors (Lipinski definition) is 3. The second-order valence-electron chi connectivity index (χ2n) is 4.02. The minimum Gasteiger partial charge on any atom is -0.383 e. The van der Waals surface area contributed by atoms with Gasteiger partial charge in [0.05, 0.1) is 22.9 Å². The van der Waals surface area contributed by atoms with Crippen molar-refractivity contribution in [1.29, 1.82) is 0 Å². The molecule has 0 bridgehead atoms. The van der Waals surface area contributed by atoms with E-state index in [-0.39, 0.29) is 24.8 Å². The zero-order valence-electron chi connectivity index (χ0n) is 11.9. The molecule has 114 valence electrons. The van der Waals surface area contributed by atoms with Crippen LogP contribution in [0.15, 0.2) is 12.1 Å². The lowest BCUT2D eigenvalue weighted by Gasteiger charge is -2.05. The van der Waals surface area contributed by atoms with Gasteiger partial charge in [-0.15, -0.1) is 11.3 Å². The molecule has 0 spiro atoms. The number of thiophene rings is 1. The fraction of sp³-hybridized carbons (Fsp3) is 0.429. The third-order valence-corrected chi connectivity index (χ3v) is 3.41. The van der Waals surface area contributed by atoms with Gasteiger partial charge in [-0.3, -0.25) is 9.59 Å². The first-order valence-electron chi connectivity index (χ1n) is 6.50. The van der Waals surface area contributed by atoms with Gasteiger partial charge < -0.3 is 21.1 Å². The van der Waals surface area contributed by atoms with Gasteiger partial charge in [0, 0.05) is 26.6 Å². The van der Waals surface area contributed by atoms with Crippen LogP contribution in [0.25, 0.3) is 0 Å². The molecule has 21 heavy (non-hydrogen) atoms. The number of nitrogens with one attached hydrogen (secondary N) is 2. The Labute approximate surface area is 128 Å². The van der Waals surface area contributed by atoms with E-state index in [4.69, 9.17) is 10.5 Å². The summed E-state index contributed by atoms with van der Waals surface area (Å²) in [4.78, 5) is 24.6. The number of carbonyl (C=O) groups excluding carboxylic acids is 2. The van der Waals surface area contributed by atoms with Gasteiger partial charge in [0.1, 0.15) is 0 Å². The lowest BCUT2D eigenvalue weighted by atomic mass is 10.3. The number of methoxy groups -OCH3 is 1. The molecule has 0 atom stereocenters. The van der Waals surface area contributed by atoms with Gasteiger partial charge in [0.25, 0.3) is 5.91 Å². The van der Waals surface area contributed by atoms with Crippen LogP contribution in [0.5, 0.6) is 0 Å². The zero-order chi connectivity index (χ0) is 15.5. The van der Waals surface area contributed by atoms with E-state index in [1.807, 2.05) is 0 Å². The Balaban J connectivity index is 2.30. The van der Waals surface area contributed by atoms with Crippen LogP contribution in [0.3, 0.4) is 0 Å². The molecular formula is C14H19N3O3S. The minimum atomic E-state index is -0.203. The van der Waals surface area contributed by atoms with Crippen molar-refractivity contribution in [2.75, 3.05) is 33.4 Å². The largest absolute Gasteiger partial charge is 0.383 e. The molecular weight excluding hydrogens is 290 g/mol. The van der Waals surface area contributed by atoms with Crippen molar-refractivity contribution < 1.29 is 14.3 Å². The molecule has 7 heteroatoms. The number of nitrogens with two attached hydrogens (primary N) is 1. The van der Waals surface area contributed by atoms with Crippen molar-refractivity contribution in [3.05, 3.63) is 21.9 Å². The van der Waals surface area contributed by atoms with Gasteiger partial charge in [-0.2, -0.15) is 0 Å². The van der Waals surface area contributed by atoms with Crippen LogP contribution < -0.4 is 16.4 Å². The summed E-state index contributed by atoms with van der Waals surface area (Å²) in [7, 11) is 1.57. The first-order valence-corrected chi connectivity index (χ1v) is 7.31. The van der Waals surface area contributed by atoms with Crippen molar-refractivity contribution in [3.63, 3.8) is 0 Å². The normalized spacial score (nSPS) is 9.62. The van der Waals surface area contributed by atoms with Gasteiger partial charge in [-0.25, -0.2) is 0 Å². The predicted molar refractivity (Wildman–Crippen MR) is 82.1 cm³/mol. The Morgan fingerprint density at radius 3 is 2.86 bits per heavy atom. The first-order chi connectivity index (χ1) is 10.2. The molecule has 1 aromatic heterocycles. The molecule has 0 saturated carbocycles. The molecule has 4 N–H and O–H groups in total. The fourth-order valence-electron chi connectivity index (χ4n) is 1.42. The summed E-state index contributed by atoms with van der Waals surface area (Å²) >= 11 is 1.30. The van der Waals surface area contributed by atoms with E-state index in [2.05, 4.69) is 22.5 Å². The van der Waals surface area contributed by atoms with Crippen LogP contribution in [0.1, 0.15) is 21.0 Å². The quantitative estimate of drug-likeness (QED) is 0.486. The highest BCUT2D eigenvalue weighted by Crippen LogP contribution is 2.14. The molecule has 0 unspecified atom stereocenters. The average Bonchev–Trinajstić information content (AvgIpc) is 2.94. The standard InChI is InChI=1S/C14H19N3O3S/c1-20-10-9-16-13(18)6-8-17-14(19)12-5-4-11(21-12)3-2-7-15/h4-5H,6-10,15H2,1H3,(H,16,18)(H,17,19). The van der Waals surface area contributed by atoms with Crippen molar-refractivity contribution in [3.8, 4) is 11.8 Å². The summed E-state index contributed by atoms with van der Waals surface area (Å²) in [6, 6.07) is 3.49. The molecule has 0 aliphatic heterocycles. The van der Waals surface area contributed by atoms with Gasteiger partial charge in [0.2, 0.25) is 5.91 Å². The van der Waals surface area contributed by atoms with Crippen LogP contribution >= 0.6 is 11.3 Å². The maximum Gasteiger partial charge on any atom is 0.261 e. The van der Waals surface area contributed by atoms with E-state index in [9.17, 15) is 9.59 Å². The third kappa shape index (κ3) is 6.90. The number of ether oxygens (including phenoxy) is 1. The smallest absolute Gasteiger partial charge is 0.261 e. The lowest BCUT2D eigenvalue weighted by molar-refractivity contribution is -0.121. The van der Waals surface area contributed by atoms with E-state index in [0.29, 0.717) is 24.6 Å². The molecule has 1 aromatic rings. The number of rotatable bonds is 7. The van der Waals surface area contributed by atoms with Gasteiger partial charge in [-0.1, -0.05) is 11.8 Å². The number of hydrogen-bond acceptors (Lipinski definition) is 5. The van der Waals surface area contributed by atoms with Crippen molar-refractivity contribution in [2.45, 2.75) is 6.42 Å². The monoisotopic (exact) mass is 309 g/mol. The van der Waals surface area contributed by atoms with E-state index >= 15 is 0 Å². The maximum absolute atomic E-state index is 11.8. The van der Waals surface area contributed by atoms with Gasteiger partial charge in [0.15, 0.2) is 0 Å². The maximum atomic E-state index is 11.8. The highest BCUT2D eigenvalue weighted by atomic mass is 32.1. The minimum absolute atomic E-state index is 0.118. The van der Waals surface area contributed by atoms with Crippen molar-refractivity contribution in [2.24, 2.45) is 5.73 Å². The Kier molecular flexibility index (Phi) is 8.12. The summed E-state index contributed by atoms with van der Waals surface area (Å²) in [6.07, 6.45) is 0.237. The molecule has 0 aliphatic rings. The predicted octanol–water partition coefficient (Wildman–Crippen LogP) is -0.0592. The second-order valence-corrected chi connectivity index (χ2v) is 5.10. The summed E-state index contributed by atoms with van der Waals surface area (Å²) < 4.78 is 4.82. The average molecular weight is 309 g/mol. The summed E-state index contributed by atoms with van der Waals surface area (Å²) in [6.45, 7) is 1.52. The molecule has 0 aliphatic carbocycles. The van der Waals surface area contributed by atoms with E-state index in [1.54, 1.807) is 19.2 Å². The fourth-order valence-corrected chi connectivity index (χ4v) is 2.22. The van der Waals surface area contributed by atoms with Crippen LogP contribution in [0.2, 0.25) is 0 Å². The molecule has 1 heterocycles. The highest BCUT2D eigenvalue weighted by molar-refractivity contribution is 7.14. The Hall–Kier alpha value is -1.88. The van der Waals surface area contributed by atoms with Crippen LogP contribution in [0, 0.1) is 11.8 Å². The Morgan fingerprint density at radius 1 is 1.33 bits per heavy atom. The zero-order valence-corrected chi connectivity index (χ0v) is 12.7. The molecule has 2 amide bonds. The number of amides is 2. The molecule has 0 fully saturated rings. The molecule has 6 nitrogen and oxygen atoms in total. The lowest BCUT2D eigenvalue weighted by Crippen LogP contribution is -2.31. The Bertz CT molecular complexity index is 531. The molecule has 1 rings (SSSR count). The van der Waals surface area contributed by atoms with Crippen molar-refractivity contribution >= 4 is 23.2 Å². The van der Waals surface area contributed by atoms with Gasteiger partial charge >= 0.3 is 0 Å². The van der Waals surface area contributed by atoms with E-state index in [0.717, 1.165) is 4.88 Å². The van der Waals surface area contributed by atoms with Crippen LogP contribution in [-0.4, -0.2) is 45.2 Å². The molecule has 0 radical (unpaired) electrons. The second kappa shape index (κ2) is 9.94. The third-order valence-electron chi connectivity index (χ3n) is 2.41. The number of carbonyl (C=O) groups is 2. The van der Waals surface area contributed by atoms with Crippen molar-refractivity contribution in [1.82, 2.24) is 10.6 Å². The summed E-state index contributed by atoms with van der Waals surface area (Å²) in [5, 5.41) is 5.38. The highest BCUT2D eigenvalue weighted by Gasteiger charge is 2.08. The van der Waals surface area contributed by atoms with E-state index < -0.39 is 0 Å². The molecule has 0 aromatic carbocycles. The topological polar surface area (TPSA) is 93.5 Å². The SMILES string of the molecule is COCCNC(=O)CCNC(=O)c1ccc(C#CCN)s1. The summed E-state index contributed by atoms with van der Waals surface area (Å²) in [5.41, 5.74) is 5.29. The van der Waals surface area contributed by atoms with Crippen LogP contribution in [-0.2, 0) is 9.53 Å².